The van der Waals surface area contributed by atoms with Crippen LogP contribution in [0.5, 0.6) is 11.5 Å². The van der Waals surface area contributed by atoms with Crippen LogP contribution in [0, 0.1) is 0 Å². The normalized spacial score (nSPS) is 11.4. The zero-order chi connectivity index (χ0) is 15.1. The molecule has 0 aliphatic heterocycles. The molecule has 7 nitrogen and oxygen atoms in total. The smallest absolute Gasteiger partial charge is 0.313 e. The topological polar surface area (TPSA) is 96.9 Å². The summed E-state index contributed by atoms with van der Waals surface area (Å²) in [6.07, 6.45) is -0.724. The largest absolute Gasteiger partial charge is 0.497 e. The summed E-state index contributed by atoms with van der Waals surface area (Å²) >= 11 is 0. The number of rotatable bonds is 5. The molecule has 110 valence electrons. The van der Waals surface area contributed by atoms with Crippen molar-refractivity contribution in [3.05, 3.63) is 18.2 Å². The van der Waals surface area contributed by atoms with Gasteiger partial charge in [0, 0.05) is 12.6 Å². The van der Waals surface area contributed by atoms with Crippen LogP contribution in [0.3, 0.4) is 0 Å². The van der Waals surface area contributed by atoms with E-state index >= 15 is 0 Å². The van der Waals surface area contributed by atoms with Crippen molar-refractivity contribution in [2.24, 2.45) is 0 Å². The standard InChI is InChI=1S/C13H18N2O5/c1-8(16)7-14-12(17)13(18)15-10-6-9(19-2)4-5-11(10)20-3/h4-6,8,16H,7H2,1-3H3,(H,14,17)(H,15,18). The van der Waals surface area contributed by atoms with Crippen LogP contribution in [0.2, 0.25) is 0 Å². The van der Waals surface area contributed by atoms with Crippen LogP contribution in [0.15, 0.2) is 18.2 Å². The Morgan fingerprint density at radius 1 is 1.25 bits per heavy atom. The van der Waals surface area contributed by atoms with Crippen LogP contribution in [-0.4, -0.2) is 43.8 Å². The SMILES string of the molecule is COc1ccc(OC)c(NC(=O)C(=O)NCC(C)O)c1. The van der Waals surface area contributed by atoms with E-state index in [0.717, 1.165) is 0 Å². The van der Waals surface area contributed by atoms with Crippen LogP contribution >= 0.6 is 0 Å². The number of methoxy groups -OCH3 is 2. The van der Waals surface area contributed by atoms with Crippen molar-refractivity contribution >= 4 is 17.5 Å². The van der Waals surface area contributed by atoms with E-state index in [1.54, 1.807) is 18.2 Å². The number of nitrogens with one attached hydrogen (secondary N) is 2. The van der Waals surface area contributed by atoms with Gasteiger partial charge in [-0.2, -0.15) is 0 Å². The van der Waals surface area contributed by atoms with E-state index in [0.29, 0.717) is 17.2 Å². The minimum absolute atomic E-state index is 0.00149. The van der Waals surface area contributed by atoms with Gasteiger partial charge >= 0.3 is 11.8 Å². The summed E-state index contributed by atoms with van der Waals surface area (Å²) in [4.78, 5) is 23.2. The molecule has 0 heterocycles. The Balaban J connectivity index is 2.76. The van der Waals surface area contributed by atoms with Gasteiger partial charge in [-0.25, -0.2) is 0 Å². The van der Waals surface area contributed by atoms with Gasteiger partial charge in [0.2, 0.25) is 0 Å². The molecule has 0 bridgehead atoms. The second kappa shape index (κ2) is 7.34. The van der Waals surface area contributed by atoms with Crippen molar-refractivity contribution in [1.82, 2.24) is 5.32 Å². The fraction of sp³-hybridized carbons (Fsp3) is 0.385. The molecule has 1 atom stereocenters. The Morgan fingerprint density at radius 2 is 1.95 bits per heavy atom. The summed E-state index contributed by atoms with van der Waals surface area (Å²) in [6, 6.07) is 4.82. The number of anilines is 1. The minimum atomic E-state index is -0.850. The summed E-state index contributed by atoms with van der Waals surface area (Å²) in [5, 5.41) is 13.8. The summed E-state index contributed by atoms with van der Waals surface area (Å²) in [5.74, 6) is -0.763. The molecule has 0 fully saturated rings. The number of amides is 2. The molecular weight excluding hydrogens is 264 g/mol. The highest BCUT2D eigenvalue weighted by atomic mass is 16.5. The lowest BCUT2D eigenvalue weighted by molar-refractivity contribution is -0.136. The Kier molecular flexibility index (Phi) is 5.79. The predicted molar refractivity (Wildman–Crippen MR) is 72.9 cm³/mol. The van der Waals surface area contributed by atoms with E-state index in [-0.39, 0.29) is 6.54 Å². The van der Waals surface area contributed by atoms with Crippen molar-refractivity contribution in [2.75, 3.05) is 26.1 Å². The van der Waals surface area contributed by atoms with Crippen LogP contribution in [-0.2, 0) is 9.59 Å². The highest BCUT2D eigenvalue weighted by Gasteiger charge is 2.16. The first kappa shape index (κ1) is 15.8. The number of hydrogen-bond acceptors (Lipinski definition) is 5. The van der Waals surface area contributed by atoms with Crippen molar-refractivity contribution in [3.8, 4) is 11.5 Å². The number of aliphatic hydroxyl groups excluding tert-OH is 1. The molecule has 0 radical (unpaired) electrons. The number of carbonyl (C=O) groups is 2. The first-order chi connectivity index (χ1) is 9.47. The molecule has 2 amide bonds. The van der Waals surface area contributed by atoms with Gasteiger partial charge in [-0.1, -0.05) is 0 Å². The molecule has 7 heteroatoms. The van der Waals surface area contributed by atoms with Gasteiger partial charge in [-0.05, 0) is 19.1 Å². The van der Waals surface area contributed by atoms with Crippen molar-refractivity contribution < 1.29 is 24.2 Å². The molecule has 20 heavy (non-hydrogen) atoms. The van der Waals surface area contributed by atoms with Gasteiger partial charge in [0.05, 0.1) is 26.0 Å². The lowest BCUT2D eigenvalue weighted by Gasteiger charge is -2.12. The van der Waals surface area contributed by atoms with Crippen LogP contribution < -0.4 is 20.1 Å². The zero-order valence-corrected chi connectivity index (χ0v) is 11.6. The van der Waals surface area contributed by atoms with E-state index in [1.807, 2.05) is 0 Å². The Labute approximate surface area is 116 Å². The van der Waals surface area contributed by atoms with Crippen molar-refractivity contribution in [2.45, 2.75) is 13.0 Å². The fourth-order valence-electron chi connectivity index (χ4n) is 1.41. The minimum Gasteiger partial charge on any atom is -0.497 e. The molecule has 0 aliphatic carbocycles. The second-order valence-electron chi connectivity index (χ2n) is 4.08. The highest BCUT2D eigenvalue weighted by molar-refractivity contribution is 6.39. The number of ether oxygens (including phenoxy) is 2. The third kappa shape index (κ3) is 4.43. The van der Waals surface area contributed by atoms with Gasteiger partial charge in [0.1, 0.15) is 11.5 Å². The first-order valence-electron chi connectivity index (χ1n) is 5.97. The average Bonchev–Trinajstić information content (AvgIpc) is 2.44. The molecule has 0 aliphatic rings. The molecule has 1 unspecified atom stereocenters. The molecule has 3 N–H and O–H groups in total. The molecule has 1 aromatic rings. The van der Waals surface area contributed by atoms with E-state index in [2.05, 4.69) is 10.6 Å². The maximum atomic E-state index is 11.7. The van der Waals surface area contributed by atoms with Crippen molar-refractivity contribution in [1.29, 1.82) is 0 Å². The summed E-state index contributed by atoms with van der Waals surface area (Å²) in [6.45, 7) is 1.50. The molecule has 1 rings (SSSR count). The number of aliphatic hydroxyl groups is 1. The van der Waals surface area contributed by atoms with E-state index in [9.17, 15) is 9.59 Å². The maximum absolute atomic E-state index is 11.7. The van der Waals surface area contributed by atoms with E-state index < -0.39 is 17.9 Å². The predicted octanol–water partition coefficient (Wildman–Crippen LogP) is 0.139. The zero-order valence-electron chi connectivity index (χ0n) is 11.6. The molecule has 1 aromatic carbocycles. The lowest BCUT2D eigenvalue weighted by atomic mass is 10.2. The van der Waals surface area contributed by atoms with E-state index in [1.165, 1.54) is 21.1 Å². The molecule has 0 saturated heterocycles. The highest BCUT2D eigenvalue weighted by Crippen LogP contribution is 2.28. The molecular formula is C13H18N2O5. The third-order valence-electron chi connectivity index (χ3n) is 2.42. The monoisotopic (exact) mass is 282 g/mol. The number of hydrogen-bond donors (Lipinski definition) is 3. The fourth-order valence-corrected chi connectivity index (χ4v) is 1.41. The average molecular weight is 282 g/mol. The van der Waals surface area contributed by atoms with E-state index in [4.69, 9.17) is 14.6 Å². The summed E-state index contributed by atoms with van der Waals surface area (Å²) < 4.78 is 10.1. The van der Waals surface area contributed by atoms with Gasteiger partial charge in [-0.3, -0.25) is 9.59 Å². The second-order valence-corrected chi connectivity index (χ2v) is 4.08. The first-order valence-corrected chi connectivity index (χ1v) is 5.97. The van der Waals surface area contributed by atoms with Crippen LogP contribution in [0.4, 0.5) is 5.69 Å². The maximum Gasteiger partial charge on any atom is 0.313 e. The number of carbonyl (C=O) groups excluding carboxylic acids is 2. The van der Waals surface area contributed by atoms with Gasteiger partial charge in [-0.15, -0.1) is 0 Å². The molecule has 0 aromatic heterocycles. The van der Waals surface area contributed by atoms with Gasteiger partial charge in [0.15, 0.2) is 0 Å². The molecule has 0 saturated carbocycles. The molecule has 0 spiro atoms. The van der Waals surface area contributed by atoms with Crippen LogP contribution in [0.25, 0.3) is 0 Å². The van der Waals surface area contributed by atoms with Gasteiger partial charge in [0.25, 0.3) is 0 Å². The third-order valence-corrected chi connectivity index (χ3v) is 2.42. The van der Waals surface area contributed by atoms with Gasteiger partial charge < -0.3 is 25.2 Å². The quantitative estimate of drug-likeness (QED) is 0.667. The van der Waals surface area contributed by atoms with Crippen molar-refractivity contribution in [3.63, 3.8) is 0 Å². The number of benzene rings is 1. The summed E-state index contributed by atoms with van der Waals surface area (Å²) in [5.41, 5.74) is 0.323. The van der Waals surface area contributed by atoms with Crippen LogP contribution in [0.1, 0.15) is 6.92 Å². The summed E-state index contributed by atoms with van der Waals surface area (Å²) in [7, 11) is 2.94. The lowest BCUT2D eigenvalue weighted by Crippen LogP contribution is -2.38. The Morgan fingerprint density at radius 3 is 2.50 bits per heavy atom. The Bertz CT molecular complexity index is 488. The Hall–Kier alpha value is -2.28.